The van der Waals surface area contributed by atoms with E-state index in [9.17, 15) is 13.6 Å². The normalized spacial score (nSPS) is 11.0. The Morgan fingerprint density at radius 3 is 2.64 bits per heavy atom. The van der Waals surface area contributed by atoms with Crippen molar-refractivity contribution in [3.05, 3.63) is 83.6 Å². The number of halogens is 2. The number of hydrogen-bond acceptors (Lipinski definition) is 7. The van der Waals surface area contributed by atoms with Crippen LogP contribution in [-0.4, -0.2) is 35.3 Å². The van der Waals surface area contributed by atoms with Gasteiger partial charge in [-0.3, -0.25) is 9.48 Å². The summed E-state index contributed by atoms with van der Waals surface area (Å²) in [6.07, 6.45) is 4.56. The van der Waals surface area contributed by atoms with Crippen molar-refractivity contribution in [2.75, 3.05) is 5.73 Å². The number of benzene rings is 2. The van der Waals surface area contributed by atoms with Gasteiger partial charge < -0.3 is 11.5 Å². The smallest absolute Gasteiger partial charge is 0.239 e. The van der Waals surface area contributed by atoms with Gasteiger partial charge in [-0.2, -0.15) is 15.5 Å². The molecule has 0 aliphatic heterocycles. The van der Waals surface area contributed by atoms with Crippen LogP contribution in [-0.2, 0) is 17.8 Å². The molecule has 0 atom stereocenters. The van der Waals surface area contributed by atoms with Gasteiger partial charge in [-0.05, 0) is 23.8 Å². The predicted octanol–water partition coefficient (Wildman–Crippen LogP) is 2.46. The lowest BCUT2D eigenvalue weighted by Gasteiger charge is -2.07. The standard InChI is InChI=1S/C24H17F2N9O/c25-18-6-2-4-15(14-9-30-34(10-14)12-20(28)36)17(18)7-21-32-24-23(29)31-19(11-35(24)33-21)16-5-1-3-13(8-27)22(16)26/h1-6,9-11H,7,12H2,(H2,28,36)(H2,29,31). The zero-order valence-electron chi connectivity index (χ0n) is 18.6. The molecule has 2 aromatic carbocycles. The summed E-state index contributed by atoms with van der Waals surface area (Å²) in [6, 6.07) is 10.8. The minimum atomic E-state index is -0.723. The lowest BCUT2D eigenvalue weighted by molar-refractivity contribution is -0.118. The van der Waals surface area contributed by atoms with E-state index in [-0.39, 0.29) is 47.1 Å². The van der Waals surface area contributed by atoms with Gasteiger partial charge in [0.05, 0.1) is 23.7 Å². The first-order valence-corrected chi connectivity index (χ1v) is 10.6. The van der Waals surface area contributed by atoms with Crippen LogP contribution >= 0.6 is 0 Å². The molecule has 0 aliphatic carbocycles. The Hall–Kier alpha value is -5.18. The van der Waals surface area contributed by atoms with E-state index in [1.807, 2.05) is 0 Å². The molecule has 1 amide bonds. The predicted molar refractivity (Wildman–Crippen MR) is 125 cm³/mol. The SMILES string of the molecule is N#Cc1cccc(-c2cn3nc(Cc4c(F)cccc4-c4cnn(CC(N)=O)c4)nc3c(N)n2)c1F. The number of nitrogens with two attached hydrogens (primary N) is 2. The van der Waals surface area contributed by atoms with Gasteiger partial charge in [-0.1, -0.05) is 18.2 Å². The number of rotatable bonds is 6. The molecule has 4 N–H and O–H groups in total. The zero-order valence-corrected chi connectivity index (χ0v) is 18.6. The molecule has 5 rings (SSSR count). The summed E-state index contributed by atoms with van der Waals surface area (Å²) in [4.78, 5) is 19.8. The Balaban J connectivity index is 1.53. The van der Waals surface area contributed by atoms with Gasteiger partial charge in [0.15, 0.2) is 17.3 Å². The molecule has 36 heavy (non-hydrogen) atoms. The van der Waals surface area contributed by atoms with Crippen molar-refractivity contribution in [1.82, 2.24) is 29.4 Å². The molecule has 0 saturated carbocycles. The molecule has 0 bridgehead atoms. The van der Waals surface area contributed by atoms with Crippen molar-refractivity contribution in [3.63, 3.8) is 0 Å². The zero-order chi connectivity index (χ0) is 25.4. The van der Waals surface area contributed by atoms with Gasteiger partial charge >= 0.3 is 0 Å². The second-order valence-corrected chi connectivity index (χ2v) is 7.92. The number of fused-ring (bicyclic) bond motifs is 1. The number of hydrogen-bond donors (Lipinski definition) is 2. The number of anilines is 1. The molecule has 10 nitrogen and oxygen atoms in total. The molecule has 0 aliphatic rings. The van der Waals surface area contributed by atoms with Crippen molar-refractivity contribution in [2.45, 2.75) is 13.0 Å². The first-order valence-electron chi connectivity index (χ1n) is 10.6. The van der Waals surface area contributed by atoms with Gasteiger partial charge in [0, 0.05) is 29.3 Å². The molecular weight excluding hydrogens is 468 g/mol. The average molecular weight is 485 g/mol. The van der Waals surface area contributed by atoms with Crippen molar-refractivity contribution < 1.29 is 13.6 Å². The van der Waals surface area contributed by atoms with Crippen molar-refractivity contribution in [3.8, 4) is 28.5 Å². The maximum atomic E-state index is 14.9. The molecule has 0 saturated heterocycles. The minimum Gasteiger partial charge on any atom is -0.381 e. The molecule has 178 valence electrons. The van der Waals surface area contributed by atoms with Gasteiger partial charge in [0.2, 0.25) is 5.91 Å². The Morgan fingerprint density at radius 1 is 1.08 bits per heavy atom. The summed E-state index contributed by atoms with van der Waals surface area (Å²) in [6.45, 7) is -0.106. The van der Waals surface area contributed by atoms with E-state index in [0.717, 1.165) is 0 Å². The second kappa shape index (κ2) is 8.88. The number of nitriles is 1. The highest BCUT2D eigenvalue weighted by Gasteiger charge is 2.18. The molecule has 3 heterocycles. The van der Waals surface area contributed by atoms with Gasteiger partial charge in [0.25, 0.3) is 0 Å². The van der Waals surface area contributed by atoms with E-state index in [1.165, 1.54) is 45.9 Å². The quantitative estimate of drug-likeness (QED) is 0.374. The molecule has 5 aromatic rings. The van der Waals surface area contributed by atoms with Crippen LogP contribution in [0.25, 0.3) is 28.0 Å². The number of nitrogens with zero attached hydrogens (tertiary/aromatic N) is 7. The maximum absolute atomic E-state index is 14.9. The summed E-state index contributed by atoms with van der Waals surface area (Å²) < 4.78 is 32.3. The molecule has 3 aromatic heterocycles. The molecule has 0 unspecified atom stereocenters. The van der Waals surface area contributed by atoms with Gasteiger partial charge in [-0.15, -0.1) is 0 Å². The van der Waals surface area contributed by atoms with E-state index in [0.29, 0.717) is 16.7 Å². The fraction of sp³-hybridized carbons (Fsp3) is 0.0833. The third-order valence-corrected chi connectivity index (χ3v) is 5.50. The highest BCUT2D eigenvalue weighted by Crippen LogP contribution is 2.28. The largest absolute Gasteiger partial charge is 0.381 e. The average Bonchev–Trinajstić information content (AvgIpc) is 3.47. The Labute approximate surface area is 202 Å². The van der Waals surface area contributed by atoms with Crippen LogP contribution in [0.4, 0.5) is 14.6 Å². The van der Waals surface area contributed by atoms with E-state index in [1.54, 1.807) is 24.4 Å². The highest BCUT2D eigenvalue weighted by molar-refractivity contribution is 5.74. The summed E-state index contributed by atoms with van der Waals surface area (Å²) in [7, 11) is 0. The fourth-order valence-electron chi connectivity index (χ4n) is 3.89. The lowest BCUT2D eigenvalue weighted by Crippen LogP contribution is -2.18. The molecule has 0 radical (unpaired) electrons. The number of aromatic nitrogens is 6. The first-order chi connectivity index (χ1) is 17.3. The van der Waals surface area contributed by atoms with Gasteiger partial charge in [-0.25, -0.2) is 23.3 Å². The molecular formula is C24H17F2N9O. The monoisotopic (exact) mass is 485 g/mol. The van der Waals surface area contributed by atoms with E-state index >= 15 is 0 Å². The molecule has 0 fully saturated rings. The van der Waals surface area contributed by atoms with Crippen molar-refractivity contribution >= 4 is 17.4 Å². The second-order valence-electron chi connectivity index (χ2n) is 7.92. The summed E-state index contributed by atoms with van der Waals surface area (Å²) in [5, 5.41) is 17.6. The van der Waals surface area contributed by atoms with Crippen LogP contribution in [0.2, 0.25) is 0 Å². The fourth-order valence-corrected chi connectivity index (χ4v) is 3.89. The topological polar surface area (TPSA) is 154 Å². The van der Waals surface area contributed by atoms with Crippen LogP contribution in [0.15, 0.2) is 55.0 Å². The number of carbonyl (C=O) groups is 1. The molecule has 12 heteroatoms. The van der Waals surface area contributed by atoms with Crippen LogP contribution in [0, 0.1) is 23.0 Å². The van der Waals surface area contributed by atoms with Crippen molar-refractivity contribution in [2.24, 2.45) is 5.73 Å². The Kier molecular flexibility index (Phi) is 5.57. The summed E-state index contributed by atoms with van der Waals surface area (Å²) in [5.41, 5.74) is 13.1. The van der Waals surface area contributed by atoms with E-state index in [2.05, 4.69) is 20.2 Å². The number of amides is 1. The third kappa shape index (κ3) is 4.09. The van der Waals surface area contributed by atoms with E-state index < -0.39 is 17.5 Å². The summed E-state index contributed by atoms with van der Waals surface area (Å²) >= 11 is 0. The third-order valence-electron chi connectivity index (χ3n) is 5.50. The Morgan fingerprint density at radius 2 is 1.86 bits per heavy atom. The van der Waals surface area contributed by atoms with Crippen LogP contribution < -0.4 is 11.5 Å². The summed E-state index contributed by atoms with van der Waals surface area (Å²) in [5.74, 6) is -1.50. The van der Waals surface area contributed by atoms with Crippen molar-refractivity contribution in [1.29, 1.82) is 5.26 Å². The molecule has 0 spiro atoms. The minimum absolute atomic E-state index is 0.00510. The number of nitrogen functional groups attached to an aromatic ring is 1. The first kappa shape index (κ1) is 22.6. The Bertz CT molecular complexity index is 1680. The van der Waals surface area contributed by atoms with E-state index in [4.69, 9.17) is 16.7 Å². The lowest BCUT2D eigenvalue weighted by atomic mass is 9.99. The number of primary amides is 1. The highest BCUT2D eigenvalue weighted by atomic mass is 19.1. The van der Waals surface area contributed by atoms with Crippen LogP contribution in [0.3, 0.4) is 0 Å². The maximum Gasteiger partial charge on any atom is 0.239 e. The van der Waals surface area contributed by atoms with Crippen LogP contribution in [0.5, 0.6) is 0 Å². The number of carbonyl (C=O) groups excluding carboxylic acids is 1. The van der Waals surface area contributed by atoms with Gasteiger partial charge in [0.1, 0.15) is 24.2 Å². The van der Waals surface area contributed by atoms with Crippen LogP contribution in [0.1, 0.15) is 17.0 Å².